The third kappa shape index (κ3) is 3.70. The Hall–Kier alpha value is -4.43. The molecule has 0 radical (unpaired) electrons. The number of rotatable bonds is 4. The van der Waals surface area contributed by atoms with Crippen molar-refractivity contribution in [2.45, 2.75) is 6.92 Å². The van der Waals surface area contributed by atoms with Crippen molar-refractivity contribution in [3.8, 4) is 39.3 Å². The molecule has 0 aliphatic heterocycles. The molecule has 4 aromatic carbocycles. The smallest absolute Gasteiger partial charge is 0.0716 e. The second-order valence-electron chi connectivity index (χ2n) is 8.61. The van der Waals surface area contributed by atoms with E-state index in [1.807, 2.05) is 6.07 Å². The average Bonchev–Trinajstić information content (AvgIpc) is 3.26. The molecule has 6 aromatic rings. The topological polar surface area (TPSA) is 17.8 Å². The van der Waals surface area contributed by atoms with Gasteiger partial charge in [0, 0.05) is 28.4 Å². The van der Waals surface area contributed by atoms with Gasteiger partial charge in [-0.15, -0.1) is 0 Å². The number of hydrogen-bond donors (Lipinski definition) is 0. The van der Waals surface area contributed by atoms with Crippen LogP contribution in [0.25, 0.3) is 50.2 Å². The molecule has 2 aromatic heterocycles. The molecule has 6 rings (SSSR count). The van der Waals surface area contributed by atoms with Gasteiger partial charge in [0.2, 0.25) is 0 Å². The molecule has 0 spiro atoms. The fourth-order valence-corrected chi connectivity index (χ4v) is 4.61. The molecule has 0 fully saturated rings. The van der Waals surface area contributed by atoms with Gasteiger partial charge in [0.25, 0.3) is 0 Å². The van der Waals surface area contributed by atoms with Gasteiger partial charge < -0.3 is 4.57 Å². The Labute approximate surface area is 199 Å². The van der Waals surface area contributed by atoms with E-state index in [-0.39, 0.29) is 0 Å². The first kappa shape index (κ1) is 20.2. The van der Waals surface area contributed by atoms with Gasteiger partial charge in [-0.3, -0.25) is 0 Å². The van der Waals surface area contributed by atoms with Crippen LogP contribution in [0.5, 0.6) is 0 Å². The van der Waals surface area contributed by atoms with Crippen molar-refractivity contribution in [3.05, 3.63) is 133 Å². The number of nitrogens with zero attached hydrogens (tertiary/aromatic N) is 2. The van der Waals surface area contributed by atoms with Crippen LogP contribution in [0.4, 0.5) is 0 Å². The number of pyridine rings is 1. The summed E-state index contributed by atoms with van der Waals surface area (Å²) in [6, 6.07) is 42.5. The molecule has 0 aliphatic carbocycles. The summed E-state index contributed by atoms with van der Waals surface area (Å²) in [5, 5.41) is 1.28. The Kier molecular flexibility index (Phi) is 5.04. The predicted octanol–water partition coefficient (Wildman–Crippen LogP) is 8.33. The average molecular weight is 437 g/mol. The molecule has 0 saturated heterocycles. The lowest BCUT2D eigenvalue weighted by Gasteiger charge is -2.12. The van der Waals surface area contributed by atoms with Crippen LogP contribution in [-0.4, -0.2) is 9.55 Å². The van der Waals surface area contributed by atoms with Crippen molar-refractivity contribution in [2.24, 2.45) is 0 Å². The maximum atomic E-state index is 5.09. The van der Waals surface area contributed by atoms with Crippen LogP contribution in [0.2, 0.25) is 0 Å². The van der Waals surface area contributed by atoms with E-state index in [0.717, 1.165) is 33.8 Å². The first-order valence-electron chi connectivity index (χ1n) is 11.6. The molecule has 162 valence electrons. The summed E-state index contributed by atoms with van der Waals surface area (Å²) in [5.41, 5.74) is 10.1. The highest BCUT2D eigenvalue weighted by Gasteiger charge is 2.11. The van der Waals surface area contributed by atoms with Gasteiger partial charge in [0.1, 0.15) is 0 Å². The van der Waals surface area contributed by atoms with Gasteiger partial charge in [-0.2, -0.15) is 0 Å². The van der Waals surface area contributed by atoms with E-state index in [1.54, 1.807) is 0 Å². The van der Waals surface area contributed by atoms with Crippen molar-refractivity contribution in [2.75, 3.05) is 0 Å². The monoisotopic (exact) mass is 436 g/mol. The molecular formula is C32H24N2. The Morgan fingerprint density at radius 2 is 1.15 bits per heavy atom. The van der Waals surface area contributed by atoms with Crippen LogP contribution in [-0.2, 0) is 0 Å². The summed E-state index contributed by atoms with van der Waals surface area (Å²) in [6.07, 6.45) is 2.22. The highest BCUT2D eigenvalue weighted by molar-refractivity contribution is 5.86. The lowest BCUT2D eigenvalue weighted by molar-refractivity contribution is 1.12. The molecule has 0 saturated carbocycles. The minimum absolute atomic E-state index is 0.968. The maximum absolute atomic E-state index is 5.09. The molecule has 2 nitrogen and oxygen atoms in total. The fraction of sp³-hybridized carbons (Fsp3) is 0.0312. The molecule has 34 heavy (non-hydrogen) atoms. The third-order valence-corrected chi connectivity index (χ3v) is 6.33. The van der Waals surface area contributed by atoms with E-state index < -0.39 is 0 Å². The Balaban J connectivity index is 1.52. The molecular weight excluding hydrogens is 412 g/mol. The zero-order chi connectivity index (χ0) is 22.9. The molecule has 0 unspecified atom stereocenters. The number of para-hydroxylation sites is 1. The van der Waals surface area contributed by atoms with Crippen LogP contribution in [0.3, 0.4) is 0 Å². The van der Waals surface area contributed by atoms with Crippen LogP contribution in [0.1, 0.15) is 5.56 Å². The largest absolute Gasteiger partial charge is 0.316 e. The Bertz CT molecular complexity index is 1540. The molecule has 0 bridgehead atoms. The molecule has 0 atom stereocenters. The van der Waals surface area contributed by atoms with Gasteiger partial charge in [-0.25, -0.2) is 4.98 Å². The van der Waals surface area contributed by atoms with Crippen LogP contribution >= 0.6 is 0 Å². The molecule has 0 N–H and O–H groups in total. The van der Waals surface area contributed by atoms with Crippen LogP contribution < -0.4 is 0 Å². The first-order valence-corrected chi connectivity index (χ1v) is 11.6. The van der Waals surface area contributed by atoms with Crippen molar-refractivity contribution >= 4 is 10.9 Å². The first-order chi connectivity index (χ1) is 16.8. The second kappa shape index (κ2) is 8.49. The predicted molar refractivity (Wildman–Crippen MR) is 142 cm³/mol. The minimum atomic E-state index is 0.968. The van der Waals surface area contributed by atoms with Crippen molar-refractivity contribution < 1.29 is 0 Å². The summed E-state index contributed by atoms with van der Waals surface area (Å²) >= 11 is 0. The zero-order valence-corrected chi connectivity index (χ0v) is 19.0. The quantitative estimate of drug-likeness (QED) is 0.271. The normalized spacial score (nSPS) is 11.1. The van der Waals surface area contributed by atoms with Crippen LogP contribution in [0, 0.1) is 6.92 Å². The summed E-state index contributed by atoms with van der Waals surface area (Å²) in [7, 11) is 0. The second-order valence-corrected chi connectivity index (χ2v) is 8.61. The molecule has 2 heteroatoms. The maximum Gasteiger partial charge on any atom is 0.0716 e. The number of benzene rings is 4. The lowest BCUT2D eigenvalue weighted by atomic mass is 10.00. The zero-order valence-electron chi connectivity index (χ0n) is 19.0. The standard InChI is InChI=1S/C32H24N2/c1-23-22-34(32-18-9-8-17-29(23)32)28-16-10-15-26(19-28)31-21-27(24-11-4-2-5-12-24)20-30(33-31)25-13-6-3-7-14-25/h2-22H,1H3. The van der Waals surface area contributed by atoms with E-state index in [0.29, 0.717) is 0 Å². The number of aromatic nitrogens is 2. The van der Waals surface area contributed by atoms with Gasteiger partial charge in [-0.1, -0.05) is 91.0 Å². The highest BCUT2D eigenvalue weighted by atomic mass is 15.0. The summed E-state index contributed by atoms with van der Waals surface area (Å²) < 4.78 is 2.27. The van der Waals surface area contributed by atoms with Crippen LogP contribution in [0.15, 0.2) is 128 Å². The molecule has 0 aliphatic rings. The van der Waals surface area contributed by atoms with Gasteiger partial charge in [0.05, 0.1) is 16.9 Å². The molecule has 0 amide bonds. The van der Waals surface area contributed by atoms with Crippen molar-refractivity contribution in [1.29, 1.82) is 0 Å². The lowest BCUT2D eigenvalue weighted by Crippen LogP contribution is -1.94. The Morgan fingerprint density at radius 1 is 0.529 bits per heavy atom. The fourth-order valence-electron chi connectivity index (χ4n) is 4.61. The van der Waals surface area contributed by atoms with Gasteiger partial charge in [-0.05, 0) is 53.9 Å². The van der Waals surface area contributed by atoms with Gasteiger partial charge >= 0.3 is 0 Å². The van der Waals surface area contributed by atoms with E-state index in [2.05, 4.69) is 133 Å². The summed E-state index contributed by atoms with van der Waals surface area (Å²) in [4.78, 5) is 5.09. The van der Waals surface area contributed by atoms with E-state index in [4.69, 9.17) is 4.98 Å². The number of fused-ring (bicyclic) bond motifs is 1. The number of hydrogen-bond acceptors (Lipinski definition) is 1. The molecule has 2 heterocycles. The highest BCUT2D eigenvalue weighted by Crippen LogP contribution is 2.32. The summed E-state index contributed by atoms with van der Waals surface area (Å²) in [5.74, 6) is 0. The van der Waals surface area contributed by atoms with Gasteiger partial charge in [0.15, 0.2) is 0 Å². The third-order valence-electron chi connectivity index (χ3n) is 6.33. The van der Waals surface area contributed by atoms with E-state index in [9.17, 15) is 0 Å². The van der Waals surface area contributed by atoms with E-state index in [1.165, 1.54) is 22.0 Å². The minimum Gasteiger partial charge on any atom is -0.316 e. The van der Waals surface area contributed by atoms with E-state index >= 15 is 0 Å². The Morgan fingerprint density at radius 3 is 1.91 bits per heavy atom. The summed E-state index contributed by atoms with van der Waals surface area (Å²) in [6.45, 7) is 2.17. The van der Waals surface area contributed by atoms with Crippen molar-refractivity contribution in [1.82, 2.24) is 9.55 Å². The SMILES string of the molecule is Cc1cn(-c2cccc(-c3cc(-c4ccccc4)cc(-c4ccccc4)n3)c2)c2ccccc12. The number of aryl methyl sites for hydroxylation is 1. The van der Waals surface area contributed by atoms with Crippen molar-refractivity contribution in [3.63, 3.8) is 0 Å².